The molecule has 2 saturated heterocycles. The number of carboxylic acid groups (broad SMARTS) is 1. The van der Waals surface area contributed by atoms with Crippen LogP contribution in [0, 0.1) is 0 Å². The summed E-state index contributed by atoms with van der Waals surface area (Å²) < 4.78 is 4.69. The van der Waals surface area contributed by atoms with Crippen molar-refractivity contribution in [3.8, 4) is 5.75 Å². The standard InChI is InChI=1S/C24H40N8O4.C9H8O4/c33-15-11-31(12-16-34)23-26-20-19(21(27-23)29-7-3-1-4-8-29)25-24(32(13-17-35)14-18-36)28-22(20)30-9-5-2-6-10-30;1-6(10)13-8-5-3-2-4-7(8)9(11)12/h33-36H,1-18H2;2-5H,1H3,(H,11,12). The number of piperidine rings is 2. The minimum absolute atomic E-state index is 0.0160. The molecule has 0 saturated carbocycles. The summed E-state index contributed by atoms with van der Waals surface area (Å²) in [5.41, 5.74) is 1.29. The maximum absolute atomic E-state index is 10.6. The number of fused-ring (bicyclic) bond motifs is 1. The Morgan fingerprint density at radius 3 is 1.45 bits per heavy atom. The van der Waals surface area contributed by atoms with E-state index in [-0.39, 0.29) is 37.7 Å². The van der Waals surface area contributed by atoms with Gasteiger partial charge in [0.05, 0.1) is 26.4 Å². The van der Waals surface area contributed by atoms with Crippen LogP contribution >= 0.6 is 0 Å². The van der Waals surface area contributed by atoms with Crippen LogP contribution in [0.1, 0.15) is 55.8 Å². The highest BCUT2D eigenvalue weighted by Gasteiger charge is 2.27. The van der Waals surface area contributed by atoms with Gasteiger partial charge in [-0.2, -0.15) is 9.97 Å². The molecule has 0 atom stereocenters. The highest BCUT2D eigenvalue weighted by Crippen LogP contribution is 2.34. The van der Waals surface area contributed by atoms with Gasteiger partial charge in [-0.05, 0) is 50.7 Å². The molecule has 268 valence electrons. The molecule has 4 heterocycles. The Bertz CT molecular complexity index is 1430. The van der Waals surface area contributed by atoms with E-state index in [2.05, 4.69) is 14.5 Å². The number of aliphatic hydroxyl groups is 4. The van der Waals surface area contributed by atoms with Crippen molar-refractivity contribution < 1.29 is 39.9 Å². The minimum atomic E-state index is -1.11. The fourth-order valence-electron chi connectivity index (χ4n) is 5.89. The molecule has 2 aliphatic heterocycles. The number of nitrogens with zero attached hydrogens (tertiary/aromatic N) is 8. The molecule has 5 N–H and O–H groups in total. The molecule has 16 heteroatoms. The van der Waals surface area contributed by atoms with Gasteiger partial charge in [-0.25, -0.2) is 14.8 Å². The number of carbonyl (C=O) groups is 2. The van der Waals surface area contributed by atoms with Crippen molar-refractivity contribution in [3.05, 3.63) is 29.8 Å². The van der Waals surface area contributed by atoms with Gasteiger partial charge >= 0.3 is 11.9 Å². The first-order chi connectivity index (χ1) is 23.8. The normalized spacial score (nSPS) is 14.6. The lowest BCUT2D eigenvalue weighted by molar-refractivity contribution is -0.131. The summed E-state index contributed by atoms with van der Waals surface area (Å²) in [5.74, 6) is 0.774. The van der Waals surface area contributed by atoms with Gasteiger partial charge in [-0.3, -0.25) is 4.79 Å². The second-order valence-electron chi connectivity index (χ2n) is 11.8. The van der Waals surface area contributed by atoms with E-state index < -0.39 is 11.9 Å². The molecule has 2 fully saturated rings. The molecule has 0 bridgehead atoms. The van der Waals surface area contributed by atoms with Gasteiger partial charge < -0.3 is 49.9 Å². The largest absolute Gasteiger partial charge is 0.478 e. The molecule has 49 heavy (non-hydrogen) atoms. The van der Waals surface area contributed by atoms with Crippen LogP contribution in [0.2, 0.25) is 0 Å². The molecule has 16 nitrogen and oxygen atoms in total. The van der Waals surface area contributed by atoms with Gasteiger partial charge in [-0.15, -0.1) is 0 Å². The van der Waals surface area contributed by atoms with Gasteiger partial charge in [0.1, 0.15) is 22.3 Å². The van der Waals surface area contributed by atoms with Crippen LogP contribution in [0.4, 0.5) is 23.5 Å². The summed E-state index contributed by atoms with van der Waals surface area (Å²) in [7, 11) is 0. The van der Waals surface area contributed by atoms with E-state index in [4.69, 9.17) is 25.0 Å². The van der Waals surface area contributed by atoms with Crippen molar-refractivity contribution in [2.24, 2.45) is 0 Å². The highest BCUT2D eigenvalue weighted by molar-refractivity contribution is 5.95. The molecular formula is C33H48N8O8. The lowest BCUT2D eigenvalue weighted by Crippen LogP contribution is -2.36. The number of carbonyl (C=O) groups excluding carboxylic acids is 1. The summed E-state index contributed by atoms with van der Waals surface area (Å²) in [6, 6.07) is 5.98. The lowest BCUT2D eigenvalue weighted by atomic mass is 10.1. The minimum Gasteiger partial charge on any atom is -0.478 e. The number of para-hydroxylation sites is 1. The number of aromatic nitrogens is 4. The number of benzene rings is 1. The molecule has 2 aliphatic rings. The van der Waals surface area contributed by atoms with E-state index >= 15 is 0 Å². The van der Waals surface area contributed by atoms with Crippen molar-refractivity contribution >= 4 is 46.5 Å². The molecule has 3 aromatic rings. The average Bonchev–Trinajstić information content (AvgIpc) is 3.11. The Hall–Kier alpha value is -4.38. The van der Waals surface area contributed by atoms with E-state index in [0.29, 0.717) is 49.1 Å². The molecule has 0 aliphatic carbocycles. The van der Waals surface area contributed by atoms with E-state index in [1.165, 1.54) is 31.9 Å². The number of aromatic carboxylic acids is 1. The maximum Gasteiger partial charge on any atom is 0.339 e. The fourth-order valence-corrected chi connectivity index (χ4v) is 5.89. The molecule has 0 unspecified atom stereocenters. The van der Waals surface area contributed by atoms with E-state index in [9.17, 15) is 30.0 Å². The summed E-state index contributed by atoms with van der Waals surface area (Å²) in [5, 5.41) is 47.3. The fraction of sp³-hybridized carbons (Fsp3) is 0.576. The van der Waals surface area contributed by atoms with Crippen LogP contribution in [-0.4, -0.2) is 136 Å². The Balaban J connectivity index is 0.000000350. The Morgan fingerprint density at radius 2 is 1.08 bits per heavy atom. The number of hydrogen-bond donors (Lipinski definition) is 5. The van der Waals surface area contributed by atoms with Gasteiger partial charge in [0, 0.05) is 59.3 Å². The maximum atomic E-state index is 10.6. The number of anilines is 4. The van der Waals surface area contributed by atoms with Gasteiger partial charge in [0.15, 0.2) is 11.6 Å². The number of ether oxygens (including phenoxy) is 1. The first kappa shape index (κ1) is 37.4. The molecule has 2 aromatic heterocycles. The highest BCUT2D eigenvalue weighted by atomic mass is 16.5. The molecular weight excluding hydrogens is 636 g/mol. The third-order valence-electron chi connectivity index (χ3n) is 8.21. The smallest absolute Gasteiger partial charge is 0.339 e. The Kier molecular flexibility index (Phi) is 14.5. The van der Waals surface area contributed by atoms with Crippen molar-refractivity contribution in [2.75, 3.05) is 98.4 Å². The van der Waals surface area contributed by atoms with Crippen LogP contribution in [0.3, 0.4) is 0 Å². The lowest BCUT2D eigenvalue weighted by Gasteiger charge is -2.33. The van der Waals surface area contributed by atoms with Crippen molar-refractivity contribution in [1.29, 1.82) is 0 Å². The van der Waals surface area contributed by atoms with E-state index in [1.807, 2.05) is 0 Å². The molecule has 0 amide bonds. The molecule has 0 radical (unpaired) electrons. The van der Waals surface area contributed by atoms with Crippen LogP contribution in [0.15, 0.2) is 24.3 Å². The first-order valence-corrected chi connectivity index (χ1v) is 16.8. The second-order valence-corrected chi connectivity index (χ2v) is 11.8. The monoisotopic (exact) mass is 684 g/mol. The first-order valence-electron chi connectivity index (χ1n) is 16.8. The predicted octanol–water partition coefficient (Wildman–Crippen LogP) is 1.29. The second kappa shape index (κ2) is 19.0. The molecule has 1 aromatic carbocycles. The predicted molar refractivity (Wildman–Crippen MR) is 185 cm³/mol. The summed E-state index contributed by atoms with van der Waals surface area (Å²) in [6.07, 6.45) is 6.61. The zero-order valence-electron chi connectivity index (χ0n) is 28.1. The van der Waals surface area contributed by atoms with Gasteiger partial charge in [-0.1, -0.05) is 12.1 Å². The summed E-state index contributed by atoms with van der Waals surface area (Å²) in [6.45, 7) is 5.60. The van der Waals surface area contributed by atoms with Gasteiger partial charge in [0.2, 0.25) is 11.9 Å². The molecule has 0 spiro atoms. The zero-order valence-corrected chi connectivity index (χ0v) is 28.1. The van der Waals surface area contributed by atoms with E-state index in [0.717, 1.165) is 63.5 Å². The number of aliphatic hydroxyl groups excluding tert-OH is 4. The van der Waals surface area contributed by atoms with Gasteiger partial charge in [0.25, 0.3) is 0 Å². The van der Waals surface area contributed by atoms with Crippen LogP contribution in [0.25, 0.3) is 11.0 Å². The van der Waals surface area contributed by atoms with Crippen molar-refractivity contribution in [2.45, 2.75) is 45.4 Å². The topological polar surface area (TPSA) is 209 Å². The number of esters is 1. The van der Waals surface area contributed by atoms with E-state index in [1.54, 1.807) is 21.9 Å². The summed E-state index contributed by atoms with van der Waals surface area (Å²) >= 11 is 0. The van der Waals surface area contributed by atoms with Crippen LogP contribution in [-0.2, 0) is 4.79 Å². The molecule has 5 rings (SSSR count). The zero-order chi connectivity index (χ0) is 35.2. The third-order valence-corrected chi connectivity index (χ3v) is 8.21. The number of hydrogen-bond acceptors (Lipinski definition) is 15. The number of carboxylic acids is 1. The average molecular weight is 685 g/mol. The van der Waals surface area contributed by atoms with Crippen LogP contribution in [0.5, 0.6) is 5.75 Å². The number of rotatable bonds is 14. The quantitative estimate of drug-likeness (QED) is 0.120. The third kappa shape index (κ3) is 10.1. The van der Waals surface area contributed by atoms with Crippen molar-refractivity contribution in [1.82, 2.24) is 19.9 Å². The SMILES string of the molecule is CC(=O)Oc1ccccc1C(=O)O.OCCN(CCO)c1nc(N2CCCCC2)c2nc(N(CCO)CCO)nc(N3CCCCC3)c2n1. The van der Waals surface area contributed by atoms with Crippen molar-refractivity contribution in [3.63, 3.8) is 0 Å². The van der Waals surface area contributed by atoms with Crippen LogP contribution < -0.4 is 24.3 Å². The Labute approximate surface area is 285 Å². The summed E-state index contributed by atoms with van der Waals surface area (Å²) in [4.78, 5) is 49.0. The Morgan fingerprint density at radius 1 is 0.673 bits per heavy atom.